The zero-order valence-electron chi connectivity index (χ0n) is 16.7. The molecule has 0 bridgehead atoms. The number of hydrogen-bond donors (Lipinski definition) is 1. The minimum Gasteiger partial charge on any atom is -0.454 e. The first-order valence-electron chi connectivity index (χ1n) is 10.5. The molecule has 1 aromatic carbocycles. The Bertz CT molecular complexity index is 734. The lowest BCUT2D eigenvalue weighted by molar-refractivity contribution is -0.143. The number of fused-ring (bicyclic) bond motifs is 1. The summed E-state index contributed by atoms with van der Waals surface area (Å²) >= 11 is 0. The summed E-state index contributed by atoms with van der Waals surface area (Å²) in [6, 6.07) is 5.73. The predicted molar refractivity (Wildman–Crippen MR) is 105 cm³/mol. The second kappa shape index (κ2) is 8.02. The fourth-order valence-electron chi connectivity index (χ4n) is 4.50. The van der Waals surface area contributed by atoms with E-state index in [9.17, 15) is 9.59 Å². The normalized spacial score (nSPS) is 21.4. The molecule has 1 saturated carbocycles. The molecule has 2 aliphatic heterocycles. The van der Waals surface area contributed by atoms with Gasteiger partial charge in [0.25, 0.3) is 0 Å². The topological polar surface area (TPSA) is 67.9 Å². The molecule has 4 rings (SSSR count). The number of hydrogen-bond acceptors (Lipinski definition) is 4. The van der Waals surface area contributed by atoms with E-state index in [0.717, 1.165) is 42.7 Å². The average molecular weight is 386 g/mol. The Balaban J connectivity index is 1.28. The molecule has 28 heavy (non-hydrogen) atoms. The Labute approximate surface area is 166 Å². The number of piperidine rings is 1. The molecule has 1 N–H and O–H groups in total. The van der Waals surface area contributed by atoms with E-state index < -0.39 is 5.41 Å². The molecule has 1 aromatic rings. The van der Waals surface area contributed by atoms with Crippen molar-refractivity contribution < 1.29 is 19.1 Å². The van der Waals surface area contributed by atoms with Crippen molar-refractivity contribution in [3.63, 3.8) is 0 Å². The molecule has 2 fully saturated rings. The number of amides is 2. The maximum atomic E-state index is 12.8. The molecule has 3 aliphatic rings. The lowest BCUT2D eigenvalue weighted by atomic mass is 9.78. The van der Waals surface area contributed by atoms with Gasteiger partial charge in [0, 0.05) is 31.0 Å². The van der Waals surface area contributed by atoms with E-state index in [-0.39, 0.29) is 18.6 Å². The highest BCUT2D eigenvalue weighted by atomic mass is 16.7. The van der Waals surface area contributed by atoms with Gasteiger partial charge < -0.3 is 19.7 Å². The zero-order valence-corrected chi connectivity index (χ0v) is 16.7. The third kappa shape index (κ3) is 3.96. The molecular weight excluding hydrogens is 356 g/mol. The minimum atomic E-state index is -0.417. The van der Waals surface area contributed by atoms with Gasteiger partial charge in [-0.1, -0.05) is 32.3 Å². The van der Waals surface area contributed by atoms with Crippen molar-refractivity contribution in [3.05, 3.63) is 23.8 Å². The highest BCUT2D eigenvalue weighted by Crippen LogP contribution is 2.35. The number of carbonyl (C=O) groups excluding carboxylic acids is 2. The van der Waals surface area contributed by atoms with Gasteiger partial charge in [-0.2, -0.15) is 0 Å². The van der Waals surface area contributed by atoms with E-state index in [0.29, 0.717) is 25.5 Å². The number of benzene rings is 1. The Hall–Kier alpha value is -2.24. The van der Waals surface area contributed by atoms with Crippen LogP contribution in [0.4, 0.5) is 0 Å². The van der Waals surface area contributed by atoms with Crippen LogP contribution in [0.1, 0.15) is 57.4 Å². The van der Waals surface area contributed by atoms with Gasteiger partial charge in [-0.3, -0.25) is 9.59 Å². The second-order valence-electron chi connectivity index (χ2n) is 8.59. The van der Waals surface area contributed by atoms with Crippen LogP contribution in [0.3, 0.4) is 0 Å². The summed E-state index contributed by atoms with van der Waals surface area (Å²) < 4.78 is 10.7. The van der Waals surface area contributed by atoms with Crippen LogP contribution in [0, 0.1) is 11.3 Å². The summed E-state index contributed by atoms with van der Waals surface area (Å²) in [7, 11) is 0. The third-order valence-corrected chi connectivity index (χ3v) is 6.57. The molecule has 2 amide bonds. The molecular formula is C22H30N2O4. The minimum absolute atomic E-state index is 0.0648. The third-order valence-electron chi connectivity index (χ3n) is 6.57. The van der Waals surface area contributed by atoms with Gasteiger partial charge in [-0.05, 0) is 43.4 Å². The fourth-order valence-corrected chi connectivity index (χ4v) is 4.50. The van der Waals surface area contributed by atoms with Gasteiger partial charge >= 0.3 is 0 Å². The van der Waals surface area contributed by atoms with E-state index in [2.05, 4.69) is 5.32 Å². The monoisotopic (exact) mass is 386 g/mol. The molecule has 6 heteroatoms. The number of nitrogens with zero attached hydrogens (tertiary/aromatic N) is 1. The maximum Gasteiger partial charge on any atom is 0.231 e. The Morgan fingerprint density at radius 1 is 1.11 bits per heavy atom. The van der Waals surface area contributed by atoms with Crippen molar-refractivity contribution in [2.24, 2.45) is 11.3 Å². The van der Waals surface area contributed by atoms with Crippen LogP contribution >= 0.6 is 0 Å². The molecule has 1 saturated heterocycles. The number of ether oxygens (including phenoxy) is 2. The predicted octanol–water partition coefficient (Wildman–Crippen LogP) is 3.24. The second-order valence-corrected chi connectivity index (χ2v) is 8.59. The summed E-state index contributed by atoms with van der Waals surface area (Å²) in [5.74, 6) is 2.06. The summed E-state index contributed by atoms with van der Waals surface area (Å²) in [6.07, 6.45) is 7.10. The number of likely N-dealkylation sites (tertiary alicyclic amines) is 1. The van der Waals surface area contributed by atoms with Crippen molar-refractivity contribution in [2.45, 2.75) is 58.4 Å². The van der Waals surface area contributed by atoms with Gasteiger partial charge in [0.2, 0.25) is 18.6 Å². The van der Waals surface area contributed by atoms with Crippen molar-refractivity contribution >= 4 is 11.8 Å². The molecule has 0 radical (unpaired) electrons. The number of carbonyl (C=O) groups is 2. The van der Waals surface area contributed by atoms with Crippen LogP contribution in [0.15, 0.2) is 18.2 Å². The van der Waals surface area contributed by atoms with Gasteiger partial charge in [-0.25, -0.2) is 0 Å². The Morgan fingerprint density at radius 3 is 2.57 bits per heavy atom. The highest BCUT2D eigenvalue weighted by Gasteiger charge is 2.39. The molecule has 6 nitrogen and oxygen atoms in total. The molecule has 0 unspecified atom stereocenters. The summed E-state index contributed by atoms with van der Waals surface area (Å²) in [5, 5.41) is 3.07. The van der Waals surface area contributed by atoms with Crippen LogP contribution in [0.25, 0.3) is 0 Å². The summed E-state index contributed by atoms with van der Waals surface area (Å²) in [4.78, 5) is 27.6. The van der Waals surface area contributed by atoms with E-state index in [1.165, 1.54) is 19.3 Å². The van der Waals surface area contributed by atoms with Crippen molar-refractivity contribution in [1.82, 2.24) is 10.2 Å². The molecule has 152 valence electrons. The fraction of sp³-hybridized carbons (Fsp3) is 0.636. The largest absolute Gasteiger partial charge is 0.454 e. The van der Waals surface area contributed by atoms with Crippen molar-refractivity contribution in [1.29, 1.82) is 0 Å². The van der Waals surface area contributed by atoms with E-state index in [1.807, 2.05) is 30.0 Å². The quantitative estimate of drug-likeness (QED) is 0.863. The molecule has 2 heterocycles. The standard InChI is InChI=1S/C22H30N2O4/c1-22(9-11-24(12-10-22)20(25)17-5-3-2-4-6-17)21(26)23-14-16-7-8-18-19(13-16)28-15-27-18/h7-8,13,17H,2-6,9-12,14-15H2,1H3,(H,23,26). The Kier molecular flexibility index (Phi) is 5.47. The van der Waals surface area contributed by atoms with Crippen LogP contribution in [-0.4, -0.2) is 36.6 Å². The van der Waals surface area contributed by atoms with Gasteiger partial charge in [0.05, 0.1) is 0 Å². The average Bonchev–Trinajstić information content (AvgIpc) is 3.20. The van der Waals surface area contributed by atoms with E-state index in [4.69, 9.17) is 9.47 Å². The van der Waals surface area contributed by atoms with Crippen LogP contribution in [0.5, 0.6) is 11.5 Å². The zero-order chi connectivity index (χ0) is 19.6. The molecule has 0 atom stereocenters. The SMILES string of the molecule is CC1(C(=O)NCc2ccc3c(c2)OCO3)CCN(C(=O)C2CCCCC2)CC1. The molecule has 1 aliphatic carbocycles. The number of nitrogens with one attached hydrogen (secondary N) is 1. The van der Waals surface area contributed by atoms with Crippen LogP contribution in [0.2, 0.25) is 0 Å². The lowest BCUT2D eigenvalue weighted by Crippen LogP contribution is -2.50. The van der Waals surface area contributed by atoms with Gasteiger partial charge in [0.1, 0.15) is 0 Å². The van der Waals surface area contributed by atoms with E-state index in [1.54, 1.807) is 0 Å². The molecule has 0 aromatic heterocycles. The summed E-state index contributed by atoms with van der Waals surface area (Å²) in [6.45, 7) is 4.10. The summed E-state index contributed by atoms with van der Waals surface area (Å²) in [5.41, 5.74) is 0.575. The van der Waals surface area contributed by atoms with E-state index >= 15 is 0 Å². The maximum absolute atomic E-state index is 12.8. The van der Waals surface area contributed by atoms with Gasteiger partial charge in [0.15, 0.2) is 11.5 Å². The van der Waals surface area contributed by atoms with Crippen LogP contribution < -0.4 is 14.8 Å². The number of rotatable bonds is 4. The first kappa shape index (κ1) is 19.1. The van der Waals surface area contributed by atoms with Crippen LogP contribution in [-0.2, 0) is 16.1 Å². The first-order chi connectivity index (χ1) is 13.5. The first-order valence-corrected chi connectivity index (χ1v) is 10.5. The van der Waals surface area contributed by atoms with Crippen molar-refractivity contribution in [3.8, 4) is 11.5 Å². The molecule has 0 spiro atoms. The van der Waals surface area contributed by atoms with Gasteiger partial charge in [-0.15, -0.1) is 0 Å². The smallest absolute Gasteiger partial charge is 0.231 e. The Morgan fingerprint density at radius 2 is 1.82 bits per heavy atom. The van der Waals surface area contributed by atoms with Crippen molar-refractivity contribution in [2.75, 3.05) is 19.9 Å². The lowest BCUT2D eigenvalue weighted by Gasteiger charge is -2.40. The highest BCUT2D eigenvalue weighted by molar-refractivity contribution is 5.83.